The summed E-state index contributed by atoms with van der Waals surface area (Å²) in [4.78, 5) is 13.5. The molecule has 1 aliphatic heterocycles. The van der Waals surface area contributed by atoms with Gasteiger partial charge in [-0.2, -0.15) is 0 Å². The van der Waals surface area contributed by atoms with Crippen LogP contribution in [0.5, 0.6) is 11.5 Å². The number of amides is 1. The van der Waals surface area contributed by atoms with Crippen molar-refractivity contribution in [3.05, 3.63) is 58.4 Å². The zero-order valence-electron chi connectivity index (χ0n) is 16.5. The summed E-state index contributed by atoms with van der Waals surface area (Å²) in [6.45, 7) is 3.15. The predicted molar refractivity (Wildman–Crippen MR) is 111 cm³/mol. The van der Waals surface area contributed by atoms with E-state index in [9.17, 15) is 9.18 Å². The summed E-state index contributed by atoms with van der Waals surface area (Å²) in [5.41, 5.74) is 1.41. The molecule has 1 fully saturated rings. The van der Waals surface area contributed by atoms with Crippen LogP contribution < -0.4 is 14.8 Å². The normalized spacial score (nSPS) is 13.8. The number of carbonyl (C=O) groups excluding carboxylic acids is 1. The van der Waals surface area contributed by atoms with Gasteiger partial charge in [0.15, 0.2) is 11.5 Å². The first-order valence-corrected chi connectivity index (χ1v) is 10.2. The summed E-state index contributed by atoms with van der Waals surface area (Å²) >= 11 is 6.39. The molecule has 156 valence electrons. The molecule has 1 aliphatic rings. The van der Waals surface area contributed by atoms with Crippen molar-refractivity contribution in [1.82, 2.24) is 10.2 Å². The number of carbonyl (C=O) groups is 1. The minimum absolute atomic E-state index is 0.0650. The maximum atomic E-state index is 13.8. The number of hydrogen-bond donors (Lipinski definition) is 1. The molecule has 0 radical (unpaired) electrons. The number of halogens is 2. The molecule has 0 aromatic heterocycles. The maximum absolute atomic E-state index is 13.8. The van der Waals surface area contributed by atoms with Gasteiger partial charge in [-0.15, -0.1) is 0 Å². The first-order chi connectivity index (χ1) is 14.1. The molecule has 0 bridgehead atoms. The lowest BCUT2D eigenvalue weighted by atomic mass is 10.2. The van der Waals surface area contributed by atoms with E-state index in [-0.39, 0.29) is 18.3 Å². The first kappa shape index (κ1) is 21.4. The second kappa shape index (κ2) is 10.5. The number of rotatable bonds is 10. The summed E-state index contributed by atoms with van der Waals surface area (Å²) in [5, 5.41) is 3.78. The molecule has 0 unspecified atom stereocenters. The van der Waals surface area contributed by atoms with Crippen molar-refractivity contribution in [2.45, 2.75) is 32.4 Å². The monoisotopic (exact) mass is 420 g/mol. The van der Waals surface area contributed by atoms with Crippen molar-refractivity contribution in [2.24, 2.45) is 0 Å². The number of likely N-dealkylation sites (tertiary alicyclic amines) is 1. The van der Waals surface area contributed by atoms with Crippen molar-refractivity contribution in [3.8, 4) is 11.5 Å². The lowest BCUT2D eigenvalue weighted by molar-refractivity contribution is -0.127. The van der Waals surface area contributed by atoms with Crippen molar-refractivity contribution in [3.63, 3.8) is 0 Å². The predicted octanol–water partition coefficient (Wildman–Crippen LogP) is 4.17. The largest absolute Gasteiger partial charge is 0.493 e. The third-order valence-electron chi connectivity index (χ3n) is 4.90. The standard InChI is InChI=1S/C22H26ClFN2O3/c1-28-20-13-16(14-25-9-5-11-26-10-4-8-21(26)27)12-18(23)22(20)29-15-17-6-2-3-7-19(17)24/h2-3,6-7,12-13,25H,4-5,8-11,14-15H2,1H3. The number of nitrogens with one attached hydrogen (secondary N) is 1. The maximum Gasteiger partial charge on any atom is 0.222 e. The number of methoxy groups -OCH3 is 1. The molecule has 0 spiro atoms. The first-order valence-electron chi connectivity index (χ1n) is 9.79. The SMILES string of the molecule is COc1cc(CNCCCN2CCCC2=O)cc(Cl)c1OCc1ccccc1F. The van der Waals surface area contributed by atoms with Crippen molar-refractivity contribution in [1.29, 1.82) is 0 Å². The van der Waals surface area contributed by atoms with Gasteiger partial charge in [-0.1, -0.05) is 29.8 Å². The molecule has 1 N–H and O–H groups in total. The van der Waals surface area contributed by atoms with Gasteiger partial charge < -0.3 is 19.7 Å². The molecule has 2 aromatic rings. The Hall–Kier alpha value is -2.31. The highest BCUT2D eigenvalue weighted by molar-refractivity contribution is 6.32. The van der Waals surface area contributed by atoms with E-state index in [0.717, 1.165) is 38.0 Å². The van der Waals surface area contributed by atoms with Crippen molar-refractivity contribution >= 4 is 17.5 Å². The summed E-state index contributed by atoms with van der Waals surface area (Å²) < 4.78 is 24.9. The third-order valence-corrected chi connectivity index (χ3v) is 5.18. The van der Waals surface area contributed by atoms with E-state index in [1.54, 1.807) is 25.3 Å². The quantitative estimate of drug-likeness (QED) is 0.586. The average molecular weight is 421 g/mol. The van der Waals surface area contributed by atoms with Gasteiger partial charge in [0.25, 0.3) is 0 Å². The summed E-state index contributed by atoms with van der Waals surface area (Å²) in [5.74, 6) is 0.841. The Bertz CT molecular complexity index is 847. The highest BCUT2D eigenvalue weighted by Crippen LogP contribution is 2.37. The van der Waals surface area contributed by atoms with Crippen LogP contribution in [0.4, 0.5) is 4.39 Å². The van der Waals surface area contributed by atoms with Crippen LogP contribution in [0.3, 0.4) is 0 Å². The Morgan fingerprint density at radius 1 is 1.28 bits per heavy atom. The highest BCUT2D eigenvalue weighted by Gasteiger charge is 2.19. The van der Waals surface area contributed by atoms with Gasteiger partial charge in [-0.25, -0.2) is 4.39 Å². The summed E-state index contributed by atoms with van der Waals surface area (Å²) in [7, 11) is 1.55. The Morgan fingerprint density at radius 3 is 2.83 bits per heavy atom. The van der Waals surface area contributed by atoms with E-state index < -0.39 is 0 Å². The van der Waals surface area contributed by atoms with E-state index >= 15 is 0 Å². The Kier molecular flexibility index (Phi) is 7.72. The van der Waals surface area contributed by atoms with Gasteiger partial charge in [-0.3, -0.25) is 4.79 Å². The number of benzene rings is 2. The van der Waals surface area contributed by atoms with Crippen LogP contribution in [0.1, 0.15) is 30.4 Å². The van der Waals surface area contributed by atoms with E-state index in [2.05, 4.69) is 5.32 Å². The van der Waals surface area contributed by atoms with E-state index in [4.69, 9.17) is 21.1 Å². The van der Waals surface area contributed by atoms with Crippen molar-refractivity contribution in [2.75, 3.05) is 26.7 Å². The fourth-order valence-corrected chi connectivity index (χ4v) is 3.64. The van der Waals surface area contributed by atoms with Gasteiger partial charge in [0.2, 0.25) is 5.91 Å². The Morgan fingerprint density at radius 2 is 2.10 bits per heavy atom. The van der Waals surface area contributed by atoms with Gasteiger partial charge in [0.1, 0.15) is 12.4 Å². The van der Waals surface area contributed by atoms with Gasteiger partial charge in [0, 0.05) is 31.6 Å². The molecule has 2 aromatic carbocycles. The smallest absolute Gasteiger partial charge is 0.222 e. The molecule has 0 atom stereocenters. The van der Waals surface area contributed by atoms with Gasteiger partial charge in [-0.05, 0) is 43.1 Å². The average Bonchev–Trinajstić information content (AvgIpc) is 3.12. The lowest BCUT2D eigenvalue weighted by Gasteiger charge is -2.16. The molecule has 1 heterocycles. The van der Waals surface area contributed by atoms with Crippen molar-refractivity contribution < 1.29 is 18.7 Å². The fourth-order valence-electron chi connectivity index (χ4n) is 3.35. The molecule has 0 aliphatic carbocycles. The van der Waals surface area contributed by atoms with Crippen LogP contribution in [0.2, 0.25) is 5.02 Å². The summed E-state index contributed by atoms with van der Waals surface area (Å²) in [6, 6.07) is 10.1. The second-order valence-corrected chi connectivity index (χ2v) is 7.41. The highest BCUT2D eigenvalue weighted by atomic mass is 35.5. The van der Waals surface area contributed by atoms with E-state index in [0.29, 0.717) is 35.1 Å². The molecule has 0 saturated carbocycles. The molecule has 1 saturated heterocycles. The number of nitrogens with zero attached hydrogens (tertiary/aromatic N) is 1. The summed E-state index contributed by atoms with van der Waals surface area (Å²) in [6.07, 6.45) is 2.55. The van der Waals surface area contributed by atoms with Crippen LogP contribution >= 0.6 is 11.6 Å². The molecular formula is C22H26ClFN2O3. The molecule has 3 rings (SSSR count). The molecule has 7 heteroatoms. The Labute approximate surface area is 175 Å². The molecule has 1 amide bonds. The molecule has 29 heavy (non-hydrogen) atoms. The van der Waals surface area contributed by atoms with Gasteiger partial charge >= 0.3 is 0 Å². The van der Waals surface area contributed by atoms with Crippen LogP contribution in [0, 0.1) is 5.82 Å². The fraction of sp³-hybridized carbons (Fsp3) is 0.409. The molecule has 5 nitrogen and oxygen atoms in total. The van der Waals surface area contributed by atoms with Crippen LogP contribution in [-0.4, -0.2) is 37.6 Å². The number of hydrogen-bond acceptors (Lipinski definition) is 4. The lowest BCUT2D eigenvalue weighted by Crippen LogP contribution is -2.28. The molecular weight excluding hydrogens is 395 g/mol. The Balaban J connectivity index is 1.52. The zero-order chi connectivity index (χ0) is 20.6. The van der Waals surface area contributed by atoms with E-state index in [1.807, 2.05) is 17.0 Å². The minimum atomic E-state index is -0.320. The second-order valence-electron chi connectivity index (χ2n) is 7.00. The van der Waals surface area contributed by atoms with Gasteiger partial charge in [0.05, 0.1) is 12.1 Å². The zero-order valence-corrected chi connectivity index (χ0v) is 17.3. The minimum Gasteiger partial charge on any atom is -0.493 e. The van der Waals surface area contributed by atoms with Crippen LogP contribution in [0.25, 0.3) is 0 Å². The van der Waals surface area contributed by atoms with Crippen LogP contribution in [-0.2, 0) is 17.9 Å². The third kappa shape index (κ3) is 5.84. The number of ether oxygens (including phenoxy) is 2. The van der Waals surface area contributed by atoms with E-state index in [1.165, 1.54) is 6.07 Å². The topological polar surface area (TPSA) is 50.8 Å². The van der Waals surface area contributed by atoms with Crippen LogP contribution in [0.15, 0.2) is 36.4 Å².